The molecule has 1 aliphatic rings. The molecule has 1 saturated heterocycles. The average Bonchev–Trinajstić information content (AvgIpc) is 2.53. The molecule has 0 nitrogen and oxygen atoms in total. The van der Waals surface area contributed by atoms with Crippen molar-refractivity contribution in [1.29, 1.82) is 0 Å². The van der Waals surface area contributed by atoms with E-state index in [2.05, 4.69) is 50.7 Å². The summed E-state index contributed by atoms with van der Waals surface area (Å²) in [6.07, 6.45) is 5.30. The summed E-state index contributed by atoms with van der Waals surface area (Å²) < 4.78 is 0. The molecule has 0 N–H and O–H groups in total. The second-order valence-corrected chi connectivity index (χ2v) is 12.3. The van der Waals surface area contributed by atoms with Gasteiger partial charge in [0.05, 0.1) is 28.1 Å². The Morgan fingerprint density at radius 1 is 1.18 bits per heavy atom. The number of aryl methyl sites for hydroxylation is 1. The molecular weight excluding hydrogens is 382 g/mol. The van der Waals surface area contributed by atoms with Crippen LogP contribution in [-0.2, 0) is 6.42 Å². The summed E-state index contributed by atoms with van der Waals surface area (Å²) in [6.45, 7) is 2.51. The molecule has 0 amide bonds. The SMILES string of the molecule is C[P+]1(CCc2ccc(Cl)cc2)CC(Br)C(Br)C1. The Morgan fingerprint density at radius 3 is 2.24 bits per heavy atom. The fourth-order valence-electron chi connectivity index (χ4n) is 2.38. The predicted octanol–water partition coefficient (Wildman–Crippen LogP) is 5.07. The van der Waals surface area contributed by atoms with E-state index in [0.29, 0.717) is 9.65 Å². The van der Waals surface area contributed by atoms with Gasteiger partial charge in [-0.15, -0.1) is 0 Å². The Kier molecular flexibility index (Phi) is 4.97. The lowest BCUT2D eigenvalue weighted by atomic mass is 10.2. The van der Waals surface area contributed by atoms with Crippen molar-refractivity contribution in [2.75, 3.05) is 25.2 Å². The van der Waals surface area contributed by atoms with Crippen LogP contribution in [0.15, 0.2) is 24.3 Å². The van der Waals surface area contributed by atoms with Gasteiger partial charge in [-0.1, -0.05) is 55.6 Å². The van der Waals surface area contributed by atoms with Crippen LogP contribution in [0.4, 0.5) is 0 Å². The largest absolute Gasteiger partial charge is 0.0843 e. The van der Waals surface area contributed by atoms with Crippen LogP contribution >= 0.6 is 50.7 Å². The Bertz CT molecular complexity index is 370. The van der Waals surface area contributed by atoms with Crippen LogP contribution in [0.2, 0.25) is 5.02 Å². The van der Waals surface area contributed by atoms with Crippen molar-refractivity contribution in [2.24, 2.45) is 0 Å². The topological polar surface area (TPSA) is 0 Å². The molecule has 1 heterocycles. The molecule has 0 aliphatic carbocycles. The Morgan fingerprint density at radius 2 is 1.71 bits per heavy atom. The standard InChI is InChI=1S/C13H17Br2ClP/c1-17(8-12(14)13(15)9-17)7-6-10-2-4-11(16)5-3-10/h2-5,12-13H,6-9H2,1H3/q+1. The molecule has 17 heavy (non-hydrogen) atoms. The van der Waals surface area contributed by atoms with Crippen LogP contribution in [-0.4, -0.2) is 34.8 Å². The highest BCUT2D eigenvalue weighted by Gasteiger charge is 2.45. The van der Waals surface area contributed by atoms with Gasteiger partial charge in [0.2, 0.25) is 0 Å². The molecular formula is C13H17Br2ClP+. The lowest BCUT2D eigenvalue weighted by molar-refractivity contribution is 1.03. The van der Waals surface area contributed by atoms with Gasteiger partial charge in [0.25, 0.3) is 0 Å². The fourth-order valence-corrected chi connectivity index (χ4v) is 11.2. The van der Waals surface area contributed by atoms with E-state index in [1.807, 2.05) is 12.1 Å². The quantitative estimate of drug-likeness (QED) is 0.492. The maximum absolute atomic E-state index is 5.90. The molecule has 0 bridgehead atoms. The fraction of sp³-hybridized carbons (Fsp3) is 0.538. The highest BCUT2D eigenvalue weighted by Crippen LogP contribution is 2.63. The van der Waals surface area contributed by atoms with Gasteiger partial charge in [0, 0.05) is 25.4 Å². The summed E-state index contributed by atoms with van der Waals surface area (Å²) in [4.78, 5) is 1.34. The van der Waals surface area contributed by atoms with Crippen molar-refractivity contribution in [3.63, 3.8) is 0 Å². The molecule has 2 atom stereocenters. The lowest BCUT2D eigenvalue weighted by Gasteiger charge is -2.16. The second-order valence-electron chi connectivity index (χ2n) is 5.12. The number of hydrogen-bond acceptors (Lipinski definition) is 0. The van der Waals surface area contributed by atoms with Crippen LogP contribution in [0.5, 0.6) is 0 Å². The summed E-state index contributed by atoms with van der Waals surface area (Å²) in [6, 6.07) is 8.30. The maximum atomic E-state index is 5.90. The van der Waals surface area contributed by atoms with Crippen molar-refractivity contribution in [2.45, 2.75) is 16.1 Å². The first-order chi connectivity index (χ1) is 7.98. The zero-order chi connectivity index (χ0) is 12.5. The number of hydrogen-bond donors (Lipinski definition) is 0. The minimum absolute atomic E-state index is 0.672. The van der Waals surface area contributed by atoms with Gasteiger partial charge in [0.1, 0.15) is 0 Å². The third-order valence-corrected chi connectivity index (χ3v) is 11.2. The molecule has 2 unspecified atom stereocenters. The van der Waals surface area contributed by atoms with E-state index in [0.717, 1.165) is 5.02 Å². The zero-order valence-electron chi connectivity index (χ0n) is 9.87. The molecule has 1 aromatic rings. The Hall–Kier alpha value is 0.900. The predicted molar refractivity (Wildman–Crippen MR) is 88.0 cm³/mol. The molecule has 0 radical (unpaired) electrons. The van der Waals surface area contributed by atoms with Gasteiger partial charge in [-0.3, -0.25) is 0 Å². The van der Waals surface area contributed by atoms with E-state index in [-0.39, 0.29) is 0 Å². The molecule has 94 valence electrons. The van der Waals surface area contributed by atoms with Crippen LogP contribution in [0.25, 0.3) is 0 Å². The Balaban J connectivity index is 1.92. The smallest absolute Gasteiger partial charge is 0.0729 e. The number of rotatable bonds is 3. The normalized spacial score (nSPS) is 32.9. The molecule has 0 aromatic heterocycles. The second kappa shape index (κ2) is 5.90. The van der Waals surface area contributed by atoms with Crippen molar-refractivity contribution in [3.05, 3.63) is 34.9 Å². The third kappa shape index (κ3) is 3.93. The highest BCUT2D eigenvalue weighted by molar-refractivity contribution is 9.12. The van der Waals surface area contributed by atoms with Crippen molar-refractivity contribution in [1.82, 2.24) is 0 Å². The van der Waals surface area contributed by atoms with E-state index in [1.165, 1.54) is 30.5 Å². The third-order valence-electron chi connectivity index (χ3n) is 3.48. The highest BCUT2D eigenvalue weighted by atomic mass is 79.9. The number of benzene rings is 1. The molecule has 0 spiro atoms. The lowest BCUT2D eigenvalue weighted by Crippen LogP contribution is -2.08. The molecule has 0 saturated carbocycles. The molecule has 1 fully saturated rings. The zero-order valence-corrected chi connectivity index (χ0v) is 14.7. The molecule has 2 rings (SSSR count). The van der Waals surface area contributed by atoms with Gasteiger partial charge in [-0.05, 0) is 17.7 Å². The van der Waals surface area contributed by atoms with E-state index in [1.54, 1.807) is 0 Å². The molecule has 4 heteroatoms. The van der Waals surface area contributed by atoms with Crippen molar-refractivity contribution >= 4 is 50.7 Å². The summed E-state index contributed by atoms with van der Waals surface area (Å²) in [5.74, 6) is 0. The monoisotopic (exact) mass is 397 g/mol. The van der Waals surface area contributed by atoms with Crippen LogP contribution in [0.1, 0.15) is 5.56 Å². The van der Waals surface area contributed by atoms with Crippen LogP contribution in [0.3, 0.4) is 0 Å². The first-order valence-electron chi connectivity index (χ1n) is 5.85. The molecule has 1 aliphatic heterocycles. The van der Waals surface area contributed by atoms with Gasteiger partial charge in [-0.25, -0.2) is 0 Å². The first kappa shape index (κ1) is 14.3. The summed E-state index contributed by atoms with van der Waals surface area (Å²) in [5.41, 5.74) is 1.42. The summed E-state index contributed by atoms with van der Waals surface area (Å²) >= 11 is 13.5. The Labute approximate surface area is 126 Å². The van der Waals surface area contributed by atoms with Gasteiger partial charge >= 0.3 is 0 Å². The van der Waals surface area contributed by atoms with Gasteiger partial charge in [0.15, 0.2) is 0 Å². The van der Waals surface area contributed by atoms with E-state index in [9.17, 15) is 0 Å². The summed E-state index contributed by atoms with van der Waals surface area (Å²) in [5, 5.41) is 0.830. The van der Waals surface area contributed by atoms with Gasteiger partial charge < -0.3 is 0 Å². The number of halogens is 3. The van der Waals surface area contributed by atoms with Crippen molar-refractivity contribution < 1.29 is 0 Å². The minimum Gasteiger partial charge on any atom is -0.0843 e. The minimum atomic E-state index is -0.736. The van der Waals surface area contributed by atoms with E-state index < -0.39 is 7.26 Å². The first-order valence-corrected chi connectivity index (χ1v) is 10.8. The maximum Gasteiger partial charge on any atom is 0.0729 e. The van der Waals surface area contributed by atoms with Crippen molar-refractivity contribution in [3.8, 4) is 0 Å². The van der Waals surface area contributed by atoms with E-state index in [4.69, 9.17) is 11.6 Å². The average molecular weight is 400 g/mol. The summed E-state index contributed by atoms with van der Waals surface area (Å²) in [7, 11) is -0.736. The van der Waals surface area contributed by atoms with Gasteiger partial charge in [-0.2, -0.15) is 0 Å². The van der Waals surface area contributed by atoms with Crippen LogP contribution in [0, 0.1) is 0 Å². The van der Waals surface area contributed by atoms with E-state index >= 15 is 0 Å². The van der Waals surface area contributed by atoms with Crippen LogP contribution < -0.4 is 0 Å². The molecule has 1 aromatic carbocycles. The number of alkyl halides is 2.